The summed E-state index contributed by atoms with van der Waals surface area (Å²) in [5.74, 6) is 0. The molecule has 0 aliphatic heterocycles. The van der Waals surface area contributed by atoms with Crippen molar-refractivity contribution in [1.29, 1.82) is 0 Å². The molecule has 4 heteroatoms. The Morgan fingerprint density at radius 1 is 1.39 bits per heavy atom. The molecule has 1 atom stereocenters. The van der Waals surface area contributed by atoms with E-state index in [0.29, 0.717) is 6.04 Å². The Morgan fingerprint density at radius 3 is 3.00 bits per heavy atom. The van der Waals surface area contributed by atoms with Crippen LogP contribution in [0.5, 0.6) is 0 Å². The van der Waals surface area contributed by atoms with Crippen LogP contribution in [-0.2, 0) is 19.4 Å². The number of anilines is 1. The van der Waals surface area contributed by atoms with Gasteiger partial charge in [0.05, 0.1) is 0 Å². The Morgan fingerprint density at radius 2 is 2.22 bits per heavy atom. The van der Waals surface area contributed by atoms with Gasteiger partial charge in [-0.1, -0.05) is 6.07 Å². The van der Waals surface area contributed by atoms with Crippen LogP contribution < -0.4 is 11.1 Å². The molecule has 0 radical (unpaired) electrons. The van der Waals surface area contributed by atoms with Crippen LogP contribution in [0.2, 0.25) is 0 Å². The van der Waals surface area contributed by atoms with E-state index in [4.69, 9.17) is 5.73 Å². The number of nitrogens with two attached hydrogens (primary N) is 1. The molecule has 1 heterocycles. The molecule has 94 valence electrons. The zero-order chi connectivity index (χ0) is 12.5. The van der Waals surface area contributed by atoms with Crippen molar-refractivity contribution in [2.45, 2.75) is 32.4 Å². The van der Waals surface area contributed by atoms with Gasteiger partial charge in [-0.25, -0.2) is 4.98 Å². The third-order valence-electron chi connectivity index (χ3n) is 3.37. The first-order valence-electron chi connectivity index (χ1n) is 6.22. The van der Waals surface area contributed by atoms with E-state index in [0.717, 1.165) is 30.8 Å². The fraction of sp³-hybridized carbons (Fsp3) is 0.357. The summed E-state index contributed by atoms with van der Waals surface area (Å²) in [6, 6.07) is 6.77. The highest BCUT2D eigenvalue weighted by Crippen LogP contribution is 2.24. The second kappa shape index (κ2) is 4.71. The molecular formula is C14H17N3S. The third-order valence-corrected chi connectivity index (χ3v) is 4.34. The van der Waals surface area contributed by atoms with Crippen molar-refractivity contribution in [2.24, 2.45) is 0 Å². The molecule has 0 fully saturated rings. The van der Waals surface area contributed by atoms with E-state index in [-0.39, 0.29) is 0 Å². The van der Waals surface area contributed by atoms with Gasteiger partial charge in [0, 0.05) is 29.3 Å². The first-order valence-corrected chi connectivity index (χ1v) is 7.10. The third kappa shape index (κ3) is 2.40. The highest BCUT2D eigenvalue weighted by Gasteiger charge is 2.21. The van der Waals surface area contributed by atoms with E-state index >= 15 is 0 Å². The molecule has 0 amide bonds. The summed E-state index contributed by atoms with van der Waals surface area (Å²) in [5.41, 5.74) is 10.6. The molecule has 1 aliphatic rings. The predicted molar refractivity (Wildman–Crippen MR) is 75.7 cm³/mol. The van der Waals surface area contributed by atoms with Crippen LogP contribution in [0, 0.1) is 6.92 Å². The summed E-state index contributed by atoms with van der Waals surface area (Å²) in [6.07, 6.45) is 2.17. The number of aryl methyl sites for hydroxylation is 1. The van der Waals surface area contributed by atoms with Gasteiger partial charge in [0.15, 0.2) is 0 Å². The number of rotatable bonds is 3. The maximum Gasteiger partial charge on any atom is 0.107 e. The molecule has 0 bridgehead atoms. The van der Waals surface area contributed by atoms with Crippen LogP contribution in [-0.4, -0.2) is 11.0 Å². The predicted octanol–water partition coefficient (Wildman–Crippen LogP) is 2.29. The fourth-order valence-corrected chi connectivity index (χ4v) is 3.22. The summed E-state index contributed by atoms with van der Waals surface area (Å²) in [6.45, 7) is 2.90. The number of aromatic nitrogens is 1. The van der Waals surface area contributed by atoms with Crippen LogP contribution in [0.25, 0.3) is 0 Å². The average Bonchev–Trinajstić information content (AvgIpc) is 2.92. The van der Waals surface area contributed by atoms with E-state index in [9.17, 15) is 0 Å². The Kier molecular flexibility index (Phi) is 3.06. The molecule has 1 aromatic heterocycles. The van der Waals surface area contributed by atoms with Gasteiger partial charge in [-0.05, 0) is 43.0 Å². The number of fused-ring (bicyclic) bond motifs is 1. The van der Waals surface area contributed by atoms with Crippen LogP contribution in [0.3, 0.4) is 0 Å². The van der Waals surface area contributed by atoms with Crippen LogP contribution >= 0.6 is 11.3 Å². The fourth-order valence-electron chi connectivity index (χ4n) is 2.50. The molecule has 0 saturated heterocycles. The van der Waals surface area contributed by atoms with Gasteiger partial charge in [-0.3, -0.25) is 0 Å². The van der Waals surface area contributed by atoms with Gasteiger partial charge in [0.1, 0.15) is 5.01 Å². The van der Waals surface area contributed by atoms with Crippen molar-refractivity contribution < 1.29 is 0 Å². The SMILES string of the molecule is Cc1csc(CN[C@H]2Cc3ccc(N)cc3C2)n1. The first kappa shape index (κ1) is 11.7. The number of nitrogens with zero attached hydrogens (tertiary/aromatic N) is 1. The maximum atomic E-state index is 5.82. The van der Waals surface area contributed by atoms with Crippen molar-refractivity contribution in [3.63, 3.8) is 0 Å². The Labute approximate surface area is 111 Å². The van der Waals surface area contributed by atoms with Gasteiger partial charge in [-0.15, -0.1) is 11.3 Å². The lowest BCUT2D eigenvalue weighted by Crippen LogP contribution is -2.28. The minimum absolute atomic E-state index is 0.519. The van der Waals surface area contributed by atoms with Gasteiger partial charge >= 0.3 is 0 Å². The Bertz CT molecular complexity index is 562. The molecule has 0 saturated carbocycles. The van der Waals surface area contributed by atoms with Crippen LogP contribution in [0.15, 0.2) is 23.6 Å². The Balaban J connectivity index is 1.61. The summed E-state index contributed by atoms with van der Waals surface area (Å²) in [5, 5.41) is 6.85. The second-order valence-corrected chi connectivity index (χ2v) is 5.84. The smallest absolute Gasteiger partial charge is 0.107 e. The van der Waals surface area contributed by atoms with Gasteiger partial charge < -0.3 is 11.1 Å². The summed E-state index contributed by atoms with van der Waals surface area (Å²) >= 11 is 1.73. The molecule has 1 aliphatic carbocycles. The number of thiazole rings is 1. The van der Waals surface area contributed by atoms with Crippen LogP contribution in [0.4, 0.5) is 5.69 Å². The van der Waals surface area contributed by atoms with Gasteiger partial charge in [-0.2, -0.15) is 0 Å². The minimum Gasteiger partial charge on any atom is -0.399 e. The van der Waals surface area contributed by atoms with Crippen molar-refractivity contribution in [3.8, 4) is 0 Å². The molecule has 18 heavy (non-hydrogen) atoms. The topological polar surface area (TPSA) is 50.9 Å². The summed E-state index contributed by atoms with van der Waals surface area (Å²) < 4.78 is 0. The van der Waals surface area contributed by atoms with E-state index in [2.05, 4.69) is 27.8 Å². The molecule has 3 rings (SSSR count). The molecule has 3 nitrogen and oxygen atoms in total. The zero-order valence-corrected chi connectivity index (χ0v) is 11.3. The summed E-state index contributed by atoms with van der Waals surface area (Å²) in [7, 11) is 0. The van der Waals surface area contributed by atoms with E-state index < -0.39 is 0 Å². The van der Waals surface area contributed by atoms with E-state index in [1.54, 1.807) is 11.3 Å². The second-order valence-electron chi connectivity index (χ2n) is 4.90. The van der Waals surface area contributed by atoms with Crippen molar-refractivity contribution in [2.75, 3.05) is 5.73 Å². The van der Waals surface area contributed by atoms with E-state index in [1.807, 2.05) is 13.0 Å². The number of benzene rings is 1. The molecule has 1 aromatic carbocycles. The summed E-state index contributed by atoms with van der Waals surface area (Å²) in [4.78, 5) is 4.47. The van der Waals surface area contributed by atoms with Crippen molar-refractivity contribution in [1.82, 2.24) is 10.3 Å². The minimum atomic E-state index is 0.519. The first-order chi connectivity index (χ1) is 8.70. The number of hydrogen-bond donors (Lipinski definition) is 2. The van der Waals surface area contributed by atoms with Gasteiger partial charge in [0.2, 0.25) is 0 Å². The normalized spacial score (nSPS) is 17.9. The average molecular weight is 259 g/mol. The number of nitrogen functional groups attached to an aromatic ring is 1. The van der Waals surface area contributed by atoms with Crippen molar-refractivity contribution >= 4 is 17.0 Å². The molecular weight excluding hydrogens is 242 g/mol. The quantitative estimate of drug-likeness (QED) is 0.832. The lowest BCUT2D eigenvalue weighted by molar-refractivity contribution is 0.531. The monoisotopic (exact) mass is 259 g/mol. The molecule has 2 aromatic rings. The maximum absolute atomic E-state index is 5.82. The molecule has 3 N–H and O–H groups in total. The zero-order valence-electron chi connectivity index (χ0n) is 10.4. The highest BCUT2D eigenvalue weighted by molar-refractivity contribution is 7.09. The number of hydrogen-bond acceptors (Lipinski definition) is 4. The van der Waals surface area contributed by atoms with Gasteiger partial charge in [0.25, 0.3) is 0 Å². The standard InChI is InChI=1S/C14H17N3S/c1-9-8-18-14(17-9)7-16-13-5-10-2-3-12(15)4-11(10)6-13/h2-4,8,13,16H,5-7,15H2,1H3/t13-/m0/s1. The molecule has 0 spiro atoms. The lowest BCUT2D eigenvalue weighted by Gasteiger charge is -2.09. The Hall–Kier alpha value is -1.39. The lowest BCUT2D eigenvalue weighted by atomic mass is 10.1. The van der Waals surface area contributed by atoms with Crippen LogP contribution in [0.1, 0.15) is 21.8 Å². The largest absolute Gasteiger partial charge is 0.399 e. The highest BCUT2D eigenvalue weighted by atomic mass is 32.1. The number of nitrogens with one attached hydrogen (secondary N) is 1. The van der Waals surface area contributed by atoms with Crippen molar-refractivity contribution in [3.05, 3.63) is 45.4 Å². The van der Waals surface area contributed by atoms with E-state index in [1.165, 1.54) is 16.1 Å². The molecule has 0 unspecified atom stereocenters.